The summed E-state index contributed by atoms with van der Waals surface area (Å²) in [6, 6.07) is 23.4. The fraction of sp³-hybridized carbons (Fsp3) is 0.0476. The van der Waals surface area contributed by atoms with Gasteiger partial charge in [-0.1, -0.05) is 18.2 Å². The molecule has 0 atom stereocenters. The van der Waals surface area contributed by atoms with Crippen LogP contribution in [-0.2, 0) is 6.61 Å². The zero-order chi connectivity index (χ0) is 18.4. The summed E-state index contributed by atoms with van der Waals surface area (Å²) in [5.41, 5.74) is 4.07. The monoisotopic (exact) mass is 343 g/mol. The highest BCUT2D eigenvalue weighted by Gasteiger charge is 2.07. The van der Waals surface area contributed by atoms with Crippen LogP contribution in [0.3, 0.4) is 0 Å². The molecular formula is C21H17N3O2. The average molecular weight is 343 g/mol. The third-order valence-corrected chi connectivity index (χ3v) is 3.79. The second-order valence-electron chi connectivity index (χ2n) is 5.71. The molecule has 0 spiro atoms. The minimum absolute atomic E-state index is 0.0757. The van der Waals surface area contributed by atoms with Crippen LogP contribution in [0.2, 0.25) is 0 Å². The van der Waals surface area contributed by atoms with Gasteiger partial charge in [-0.25, -0.2) is 0 Å². The quantitative estimate of drug-likeness (QED) is 0.652. The van der Waals surface area contributed by atoms with E-state index in [1.165, 1.54) is 0 Å². The number of carbonyl (C=O) groups excluding carboxylic acids is 1. The van der Waals surface area contributed by atoms with E-state index >= 15 is 0 Å². The van der Waals surface area contributed by atoms with Crippen molar-refractivity contribution in [3.05, 3.63) is 89.5 Å². The summed E-state index contributed by atoms with van der Waals surface area (Å²) in [6.07, 6.45) is 0. The van der Waals surface area contributed by atoms with Gasteiger partial charge in [0.25, 0.3) is 5.91 Å². The molecule has 5 nitrogen and oxygen atoms in total. The first-order valence-electron chi connectivity index (χ1n) is 8.06. The van der Waals surface area contributed by atoms with Crippen LogP contribution in [-0.4, -0.2) is 11.0 Å². The maximum absolute atomic E-state index is 12.5. The predicted molar refractivity (Wildman–Crippen MR) is 101 cm³/mol. The first-order chi connectivity index (χ1) is 12.7. The molecule has 26 heavy (non-hydrogen) atoms. The molecule has 0 aliphatic rings. The van der Waals surface area contributed by atoms with Crippen LogP contribution in [0, 0.1) is 11.3 Å². The highest BCUT2D eigenvalue weighted by atomic mass is 16.3. The average Bonchev–Trinajstić information content (AvgIpc) is 2.69. The molecule has 3 N–H and O–H groups in total. The summed E-state index contributed by atoms with van der Waals surface area (Å²) in [5.74, 6) is -0.233. The molecule has 0 saturated carbocycles. The number of aliphatic hydroxyl groups excluding tert-OH is 1. The Bertz CT molecular complexity index is 959. The highest BCUT2D eigenvalue weighted by molar-refractivity contribution is 6.04. The van der Waals surface area contributed by atoms with Crippen LogP contribution in [0.4, 0.5) is 17.1 Å². The molecule has 3 aromatic rings. The van der Waals surface area contributed by atoms with Crippen molar-refractivity contribution < 1.29 is 9.90 Å². The molecule has 0 unspecified atom stereocenters. The van der Waals surface area contributed by atoms with Crippen LogP contribution in [0.25, 0.3) is 0 Å². The molecule has 0 saturated heterocycles. The zero-order valence-electron chi connectivity index (χ0n) is 13.9. The number of nitriles is 1. The lowest BCUT2D eigenvalue weighted by atomic mass is 10.1. The third kappa shape index (κ3) is 4.26. The Balaban J connectivity index is 1.73. The van der Waals surface area contributed by atoms with Gasteiger partial charge >= 0.3 is 0 Å². The number of nitrogens with one attached hydrogen (secondary N) is 2. The molecule has 0 aromatic heterocycles. The van der Waals surface area contributed by atoms with E-state index in [0.717, 1.165) is 16.9 Å². The molecule has 0 radical (unpaired) electrons. The maximum Gasteiger partial charge on any atom is 0.255 e. The van der Waals surface area contributed by atoms with Crippen LogP contribution >= 0.6 is 0 Å². The Kier molecular flexibility index (Phi) is 5.28. The van der Waals surface area contributed by atoms with Crippen LogP contribution in [0.1, 0.15) is 21.5 Å². The van der Waals surface area contributed by atoms with E-state index in [4.69, 9.17) is 5.26 Å². The normalized spacial score (nSPS) is 10.0. The van der Waals surface area contributed by atoms with E-state index < -0.39 is 0 Å². The summed E-state index contributed by atoms with van der Waals surface area (Å²) in [7, 11) is 0. The topological polar surface area (TPSA) is 85.2 Å². The Labute approximate surface area is 151 Å². The molecule has 0 fully saturated rings. The smallest absolute Gasteiger partial charge is 0.255 e. The molecule has 3 rings (SSSR count). The van der Waals surface area contributed by atoms with E-state index in [9.17, 15) is 9.90 Å². The van der Waals surface area contributed by atoms with Crippen molar-refractivity contribution in [3.63, 3.8) is 0 Å². The van der Waals surface area contributed by atoms with E-state index in [-0.39, 0.29) is 12.5 Å². The summed E-state index contributed by atoms with van der Waals surface area (Å²) in [6.45, 7) is -0.0757. The van der Waals surface area contributed by atoms with E-state index in [1.54, 1.807) is 54.6 Å². The van der Waals surface area contributed by atoms with Crippen LogP contribution in [0.15, 0.2) is 72.8 Å². The van der Waals surface area contributed by atoms with Crippen molar-refractivity contribution >= 4 is 23.0 Å². The van der Waals surface area contributed by atoms with Crippen molar-refractivity contribution in [2.75, 3.05) is 10.6 Å². The predicted octanol–water partition coefficient (Wildman–Crippen LogP) is 4.05. The number of nitrogens with zero attached hydrogens (tertiary/aromatic N) is 1. The lowest BCUT2D eigenvalue weighted by Gasteiger charge is -2.10. The van der Waals surface area contributed by atoms with Gasteiger partial charge in [0.05, 0.1) is 18.2 Å². The van der Waals surface area contributed by atoms with Gasteiger partial charge in [0.1, 0.15) is 0 Å². The molecule has 0 aliphatic carbocycles. The number of benzene rings is 3. The van der Waals surface area contributed by atoms with Gasteiger partial charge in [0.2, 0.25) is 0 Å². The summed E-state index contributed by atoms with van der Waals surface area (Å²) in [5, 5.41) is 24.1. The molecule has 5 heteroatoms. The van der Waals surface area contributed by atoms with Crippen molar-refractivity contribution in [1.82, 2.24) is 0 Å². The second kappa shape index (κ2) is 7.97. The Morgan fingerprint density at radius 2 is 1.65 bits per heavy atom. The molecule has 0 aliphatic heterocycles. The van der Waals surface area contributed by atoms with Crippen molar-refractivity contribution in [3.8, 4) is 6.07 Å². The van der Waals surface area contributed by atoms with Gasteiger partial charge < -0.3 is 15.7 Å². The number of anilines is 3. The number of amides is 1. The fourth-order valence-corrected chi connectivity index (χ4v) is 2.48. The van der Waals surface area contributed by atoms with E-state index in [2.05, 4.69) is 16.7 Å². The SMILES string of the molecule is N#Cc1ccc(Nc2cccc(C(=O)Nc3cccc(CO)c3)c2)cc1. The Morgan fingerprint density at radius 1 is 0.923 bits per heavy atom. The molecular weight excluding hydrogens is 326 g/mol. The standard InChI is InChI=1S/C21H17N3O2/c22-13-15-7-9-18(10-8-15)23-20-6-2-4-17(12-20)21(26)24-19-5-1-3-16(11-19)14-25/h1-12,23,25H,14H2,(H,24,26). The summed E-state index contributed by atoms with van der Waals surface area (Å²) < 4.78 is 0. The summed E-state index contributed by atoms with van der Waals surface area (Å²) >= 11 is 0. The number of aliphatic hydroxyl groups is 1. The van der Waals surface area contributed by atoms with Crippen molar-refractivity contribution in [2.24, 2.45) is 0 Å². The molecule has 0 bridgehead atoms. The number of hydrogen-bond donors (Lipinski definition) is 3. The van der Waals surface area contributed by atoms with Crippen LogP contribution in [0.5, 0.6) is 0 Å². The van der Waals surface area contributed by atoms with Gasteiger partial charge in [0, 0.05) is 22.6 Å². The Hall–Kier alpha value is -3.62. The highest BCUT2D eigenvalue weighted by Crippen LogP contribution is 2.19. The summed E-state index contributed by atoms with van der Waals surface area (Å²) in [4.78, 5) is 12.5. The molecule has 0 heterocycles. The molecule has 128 valence electrons. The number of carbonyl (C=O) groups is 1. The second-order valence-corrected chi connectivity index (χ2v) is 5.71. The minimum Gasteiger partial charge on any atom is -0.392 e. The number of hydrogen-bond acceptors (Lipinski definition) is 4. The third-order valence-electron chi connectivity index (χ3n) is 3.79. The number of rotatable bonds is 5. The molecule has 1 amide bonds. The van der Waals surface area contributed by atoms with E-state index in [1.807, 2.05) is 18.2 Å². The van der Waals surface area contributed by atoms with Crippen molar-refractivity contribution in [1.29, 1.82) is 5.26 Å². The van der Waals surface area contributed by atoms with E-state index in [0.29, 0.717) is 16.8 Å². The van der Waals surface area contributed by atoms with Crippen LogP contribution < -0.4 is 10.6 Å². The van der Waals surface area contributed by atoms with Gasteiger partial charge in [0.15, 0.2) is 0 Å². The van der Waals surface area contributed by atoms with Crippen molar-refractivity contribution in [2.45, 2.75) is 6.61 Å². The zero-order valence-corrected chi connectivity index (χ0v) is 13.9. The Morgan fingerprint density at radius 3 is 2.38 bits per heavy atom. The largest absolute Gasteiger partial charge is 0.392 e. The van der Waals surface area contributed by atoms with Gasteiger partial charge in [-0.15, -0.1) is 0 Å². The maximum atomic E-state index is 12.5. The first-order valence-corrected chi connectivity index (χ1v) is 8.06. The lowest BCUT2D eigenvalue weighted by Crippen LogP contribution is -2.12. The van der Waals surface area contributed by atoms with Gasteiger partial charge in [-0.2, -0.15) is 5.26 Å². The lowest BCUT2D eigenvalue weighted by molar-refractivity contribution is 0.102. The fourth-order valence-electron chi connectivity index (χ4n) is 2.48. The minimum atomic E-state index is -0.233. The van der Waals surface area contributed by atoms with Gasteiger partial charge in [-0.05, 0) is 60.2 Å². The van der Waals surface area contributed by atoms with Gasteiger partial charge in [-0.3, -0.25) is 4.79 Å². The molecule has 3 aromatic carbocycles. The first kappa shape index (κ1) is 17.2.